The molecular formula is C15H22N4O2. The third-order valence-corrected chi connectivity index (χ3v) is 3.59. The van der Waals surface area contributed by atoms with Crippen LogP contribution >= 0.6 is 0 Å². The van der Waals surface area contributed by atoms with Crippen LogP contribution in [0.1, 0.15) is 42.8 Å². The molecule has 2 heterocycles. The molecule has 1 N–H and O–H groups in total. The highest BCUT2D eigenvalue weighted by atomic mass is 16.5. The van der Waals surface area contributed by atoms with Crippen molar-refractivity contribution in [3.63, 3.8) is 0 Å². The minimum atomic E-state index is -0.171. The molecule has 1 unspecified atom stereocenters. The molecule has 1 atom stereocenters. The van der Waals surface area contributed by atoms with Gasteiger partial charge >= 0.3 is 5.97 Å². The van der Waals surface area contributed by atoms with Crippen LogP contribution in [-0.4, -0.2) is 34.2 Å². The Bertz CT molecular complexity index is 636. The number of methoxy groups -OCH3 is 1. The zero-order valence-corrected chi connectivity index (χ0v) is 13.0. The number of carbonyl (C=O) groups is 1. The Morgan fingerprint density at radius 2 is 2.24 bits per heavy atom. The molecule has 0 fully saturated rings. The van der Waals surface area contributed by atoms with Crippen LogP contribution in [0.25, 0.3) is 5.65 Å². The van der Waals surface area contributed by atoms with Gasteiger partial charge in [0, 0.05) is 36.0 Å². The zero-order valence-electron chi connectivity index (χ0n) is 13.0. The fourth-order valence-corrected chi connectivity index (χ4v) is 2.36. The highest BCUT2D eigenvalue weighted by molar-refractivity contribution is 5.69. The van der Waals surface area contributed by atoms with Crippen molar-refractivity contribution in [1.29, 1.82) is 0 Å². The van der Waals surface area contributed by atoms with Crippen LogP contribution in [0.5, 0.6) is 0 Å². The summed E-state index contributed by atoms with van der Waals surface area (Å²) in [5.74, 6) is -0.171. The van der Waals surface area contributed by atoms with E-state index in [1.54, 1.807) is 0 Å². The second-order valence-electron chi connectivity index (χ2n) is 5.21. The summed E-state index contributed by atoms with van der Waals surface area (Å²) in [6.45, 7) is 6.85. The van der Waals surface area contributed by atoms with Crippen molar-refractivity contribution in [3.05, 3.63) is 29.2 Å². The van der Waals surface area contributed by atoms with E-state index in [9.17, 15) is 4.79 Å². The number of hydrogen-bond donors (Lipinski definition) is 1. The molecule has 0 spiro atoms. The number of nitrogens with one attached hydrogen (secondary N) is 1. The zero-order chi connectivity index (χ0) is 15.4. The number of rotatable bonds is 6. The Morgan fingerprint density at radius 3 is 2.95 bits per heavy atom. The van der Waals surface area contributed by atoms with Crippen molar-refractivity contribution < 1.29 is 9.53 Å². The number of esters is 1. The summed E-state index contributed by atoms with van der Waals surface area (Å²) in [6, 6.07) is 2.12. The molecule has 0 aliphatic heterocycles. The molecule has 6 nitrogen and oxygen atoms in total. The summed E-state index contributed by atoms with van der Waals surface area (Å²) in [7, 11) is 1.41. The van der Waals surface area contributed by atoms with Crippen molar-refractivity contribution in [2.24, 2.45) is 0 Å². The molecule has 6 heteroatoms. The Kier molecular flexibility index (Phi) is 4.90. The van der Waals surface area contributed by atoms with Gasteiger partial charge in [-0.05, 0) is 33.7 Å². The molecule has 21 heavy (non-hydrogen) atoms. The van der Waals surface area contributed by atoms with Crippen molar-refractivity contribution in [2.75, 3.05) is 13.7 Å². The van der Waals surface area contributed by atoms with E-state index in [0.717, 1.165) is 35.6 Å². The van der Waals surface area contributed by atoms with Crippen molar-refractivity contribution in [1.82, 2.24) is 19.9 Å². The standard InChI is InChI=1S/C15H22N4O2/c1-10-8-14-17-9-13(12(3)19(14)18-10)11(2)16-7-5-6-15(20)21-4/h8-9,11,16H,5-7H2,1-4H3. The lowest BCUT2D eigenvalue weighted by Gasteiger charge is -2.16. The quantitative estimate of drug-likeness (QED) is 0.650. The third kappa shape index (κ3) is 3.58. The molecule has 0 aromatic carbocycles. The predicted molar refractivity (Wildman–Crippen MR) is 80.1 cm³/mol. The first-order chi connectivity index (χ1) is 10.0. The van der Waals surface area contributed by atoms with Gasteiger partial charge in [0.2, 0.25) is 0 Å². The van der Waals surface area contributed by atoms with Crippen LogP contribution in [-0.2, 0) is 9.53 Å². The Labute approximate surface area is 124 Å². The van der Waals surface area contributed by atoms with E-state index >= 15 is 0 Å². The Balaban J connectivity index is 2.00. The molecule has 0 radical (unpaired) electrons. The number of aromatic nitrogens is 3. The van der Waals surface area contributed by atoms with Crippen LogP contribution in [0.15, 0.2) is 12.3 Å². The average molecular weight is 290 g/mol. The molecule has 2 rings (SSSR count). The number of aryl methyl sites for hydroxylation is 2. The minimum Gasteiger partial charge on any atom is -0.469 e. The maximum Gasteiger partial charge on any atom is 0.305 e. The van der Waals surface area contributed by atoms with Gasteiger partial charge in [-0.3, -0.25) is 4.79 Å². The Hall–Kier alpha value is -1.95. The van der Waals surface area contributed by atoms with Gasteiger partial charge in [0.05, 0.1) is 12.8 Å². The SMILES string of the molecule is COC(=O)CCCNC(C)c1cnc2cc(C)nn2c1C. The first kappa shape index (κ1) is 15.4. The number of carbonyl (C=O) groups excluding carboxylic acids is 1. The van der Waals surface area contributed by atoms with Crippen LogP contribution in [0, 0.1) is 13.8 Å². The molecule has 0 aliphatic carbocycles. The summed E-state index contributed by atoms with van der Waals surface area (Å²) in [5, 5.41) is 7.85. The van der Waals surface area contributed by atoms with Crippen LogP contribution in [0.4, 0.5) is 0 Å². The van der Waals surface area contributed by atoms with Gasteiger partial charge in [0.1, 0.15) is 0 Å². The lowest BCUT2D eigenvalue weighted by Crippen LogP contribution is -2.22. The van der Waals surface area contributed by atoms with E-state index in [0.29, 0.717) is 6.42 Å². The summed E-state index contributed by atoms with van der Waals surface area (Å²) in [4.78, 5) is 15.5. The van der Waals surface area contributed by atoms with Gasteiger partial charge < -0.3 is 10.1 Å². The smallest absolute Gasteiger partial charge is 0.305 e. The maximum atomic E-state index is 11.1. The lowest BCUT2D eigenvalue weighted by molar-refractivity contribution is -0.140. The molecule has 114 valence electrons. The molecule has 2 aromatic rings. The molecule has 0 aliphatic rings. The fourth-order valence-electron chi connectivity index (χ4n) is 2.36. The summed E-state index contributed by atoms with van der Waals surface area (Å²) < 4.78 is 6.50. The molecular weight excluding hydrogens is 268 g/mol. The number of ether oxygens (including phenoxy) is 1. The minimum absolute atomic E-state index is 0.157. The van der Waals surface area contributed by atoms with Crippen molar-refractivity contribution in [2.45, 2.75) is 39.7 Å². The number of hydrogen-bond acceptors (Lipinski definition) is 5. The molecule has 2 aromatic heterocycles. The fraction of sp³-hybridized carbons (Fsp3) is 0.533. The molecule has 0 bridgehead atoms. The van der Waals surface area contributed by atoms with E-state index < -0.39 is 0 Å². The van der Waals surface area contributed by atoms with Gasteiger partial charge in [-0.2, -0.15) is 5.10 Å². The van der Waals surface area contributed by atoms with Gasteiger partial charge in [-0.1, -0.05) is 0 Å². The van der Waals surface area contributed by atoms with E-state index in [-0.39, 0.29) is 12.0 Å². The van der Waals surface area contributed by atoms with Gasteiger partial charge in [0.15, 0.2) is 5.65 Å². The Morgan fingerprint density at radius 1 is 1.48 bits per heavy atom. The van der Waals surface area contributed by atoms with E-state index in [1.165, 1.54) is 7.11 Å². The first-order valence-corrected chi connectivity index (χ1v) is 7.15. The topological polar surface area (TPSA) is 68.5 Å². The summed E-state index contributed by atoms with van der Waals surface area (Å²) in [5.41, 5.74) is 4.03. The molecule has 0 amide bonds. The maximum absolute atomic E-state index is 11.1. The van der Waals surface area contributed by atoms with Crippen molar-refractivity contribution >= 4 is 11.6 Å². The second-order valence-corrected chi connectivity index (χ2v) is 5.21. The lowest BCUT2D eigenvalue weighted by atomic mass is 10.1. The summed E-state index contributed by atoms with van der Waals surface area (Å²) >= 11 is 0. The normalized spacial score (nSPS) is 12.6. The number of fused-ring (bicyclic) bond motifs is 1. The third-order valence-electron chi connectivity index (χ3n) is 3.59. The average Bonchev–Trinajstić information content (AvgIpc) is 2.85. The van der Waals surface area contributed by atoms with E-state index in [4.69, 9.17) is 0 Å². The van der Waals surface area contributed by atoms with Crippen LogP contribution in [0.3, 0.4) is 0 Å². The van der Waals surface area contributed by atoms with E-state index in [1.807, 2.05) is 30.6 Å². The predicted octanol–water partition coefficient (Wildman–Crippen LogP) is 1.95. The summed E-state index contributed by atoms with van der Waals surface area (Å²) in [6.07, 6.45) is 3.08. The largest absolute Gasteiger partial charge is 0.469 e. The first-order valence-electron chi connectivity index (χ1n) is 7.15. The second kappa shape index (κ2) is 6.67. The van der Waals surface area contributed by atoms with Crippen molar-refractivity contribution in [3.8, 4) is 0 Å². The van der Waals surface area contributed by atoms with Gasteiger partial charge in [-0.25, -0.2) is 9.50 Å². The van der Waals surface area contributed by atoms with Gasteiger partial charge in [-0.15, -0.1) is 0 Å². The monoisotopic (exact) mass is 290 g/mol. The van der Waals surface area contributed by atoms with Crippen LogP contribution in [0.2, 0.25) is 0 Å². The van der Waals surface area contributed by atoms with E-state index in [2.05, 4.69) is 27.1 Å². The highest BCUT2D eigenvalue weighted by Crippen LogP contribution is 2.17. The molecule has 0 saturated carbocycles. The van der Waals surface area contributed by atoms with Gasteiger partial charge in [0.25, 0.3) is 0 Å². The number of nitrogens with zero attached hydrogens (tertiary/aromatic N) is 3. The molecule has 0 saturated heterocycles. The van der Waals surface area contributed by atoms with Crippen LogP contribution < -0.4 is 5.32 Å². The highest BCUT2D eigenvalue weighted by Gasteiger charge is 2.12.